The van der Waals surface area contributed by atoms with Crippen LogP contribution < -0.4 is 16.0 Å². The number of hydrogen-bond donors (Lipinski definition) is 2. The van der Waals surface area contributed by atoms with Gasteiger partial charge in [-0.2, -0.15) is 0 Å². The molecule has 3 N–H and O–H groups in total. The van der Waals surface area contributed by atoms with Crippen molar-refractivity contribution in [1.29, 1.82) is 0 Å². The number of hydrazine groups is 1. The number of hydrogen-bond acceptors (Lipinski definition) is 3. The summed E-state index contributed by atoms with van der Waals surface area (Å²) in [6.45, 7) is 0.390. The minimum atomic E-state index is -0.540. The first-order valence-corrected chi connectivity index (χ1v) is 6.09. The number of ether oxygens (including phenoxy) is 1. The molecule has 0 radical (unpaired) electrons. The van der Waals surface area contributed by atoms with Crippen LogP contribution in [-0.4, -0.2) is 12.5 Å². The van der Waals surface area contributed by atoms with Gasteiger partial charge in [-0.25, -0.2) is 10.2 Å². The maximum Gasteiger partial charge on any atom is 0.233 e. The Balaban J connectivity index is 2.18. The van der Waals surface area contributed by atoms with Crippen molar-refractivity contribution in [2.45, 2.75) is 25.7 Å². The lowest BCUT2D eigenvalue weighted by atomic mass is 10.2. The van der Waals surface area contributed by atoms with Crippen LogP contribution in [0.15, 0.2) is 18.2 Å². The van der Waals surface area contributed by atoms with Gasteiger partial charge in [-0.3, -0.25) is 10.2 Å². The molecule has 0 aliphatic carbocycles. The van der Waals surface area contributed by atoms with Gasteiger partial charge in [-0.15, -0.1) is 0 Å². The van der Waals surface area contributed by atoms with Crippen LogP contribution in [0.25, 0.3) is 0 Å². The summed E-state index contributed by atoms with van der Waals surface area (Å²) in [5.74, 6) is 4.37. The number of rotatable bonds is 7. The van der Waals surface area contributed by atoms with Crippen LogP contribution in [-0.2, 0) is 4.79 Å². The number of unbranched alkanes of at least 4 members (excludes halogenated alkanes) is 2. The molecule has 4 nitrogen and oxygen atoms in total. The van der Waals surface area contributed by atoms with Crippen LogP contribution in [0.4, 0.5) is 4.39 Å². The highest BCUT2D eigenvalue weighted by molar-refractivity contribution is 6.30. The Morgan fingerprint density at radius 3 is 2.89 bits per heavy atom. The molecule has 1 rings (SSSR count). The lowest BCUT2D eigenvalue weighted by molar-refractivity contribution is -0.121. The summed E-state index contributed by atoms with van der Waals surface area (Å²) in [4.78, 5) is 10.8. The van der Waals surface area contributed by atoms with Crippen LogP contribution in [0.2, 0.25) is 5.02 Å². The summed E-state index contributed by atoms with van der Waals surface area (Å²) in [7, 11) is 0. The van der Waals surface area contributed by atoms with Crippen molar-refractivity contribution in [3.63, 3.8) is 0 Å². The van der Waals surface area contributed by atoms with Gasteiger partial charge in [0.2, 0.25) is 5.91 Å². The largest absolute Gasteiger partial charge is 0.490 e. The summed E-state index contributed by atoms with van der Waals surface area (Å²) in [6.07, 6.45) is 2.67. The van der Waals surface area contributed by atoms with Gasteiger partial charge in [0.1, 0.15) is 0 Å². The number of nitrogens with one attached hydrogen (secondary N) is 1. The van der Waals surface area contributed by atoms with E-state index in [2.05, 4.69) is 5.43 Å². The first-order chi connectivity index (χ1) is 8.65. The molecule has 0 unspecified atom stereocenters. The van der Waals surface area contributed by atoms with Crippen molar-refractivity contribution in [2.24, 2.45) is 5.84 Å². The van der Waals surface area contributed by atoms with Crippen molar-refractivity contribution >= 4 is 17.5 Å². The van der Waals surface area contributed by atoms with E-state index in [1.165, 1.54) is 12.1 Å². The second-order valence-electron chi connectivity index (χ2n) is 3.78. The number of carbonyl (C=O) groups excluding carboxylic acids is 1. The Hall–Kier alpha value is -1.33. The van der Waals surface area contributed by atoms with Gasteiger partial charge in [0, 0.05) is 6.42 Å². The lowest BCUT2D eigenvalue weighted by Crippen LogP contribution is -2.29. The van der Waals surface area contributed by atoms with E-state index in [0.29, 0.717) is 13.0 Å². The first-order valence-electron chi connectivity index (χ1n) is 5.71. The third-order valence-electron chi connectivity index (χ3n) is 2.38. The van der Waals surface area contributed by atoms with Gasteiger partial charge in [0.25, 0.3) is 0 Å². The highest BCUT2D eigenvalue weighted by atomic mass is 35.5. The van der Waals surface area contributed by atoms with Crippen molar-refractivity contribution < 1.29 is 13.9 Å². The molecule has 0 atom stereocenters. The zero-order chi connectivity index (χ0) is 13.4. The molecular weight excluding hydrogens is 259 g/mol. The highest BCUT2D eigenvalue weighted by Gasteiger charge is 2.06. The molecular formula is C12H16ClFN2O2. The summed E-state index contributed by atoms with van der Waals surface area (Å²) in [5, 5.41) is 0.0483. The predicted octanol–water partition coefficient (Wildman–Crippen LogP) is 2.41. The fourth-order valence-corrected chi connectivity index (χ4v) is 1.58. The number of amides is 1. The van der Waals surface area contributed by atoms with Crippen LogP contribution >= 0.6 is 11.6 Å². The molecule has 0 spiro atoms. The first kappa shape index (κ1) is 14.7. The monoisotopic (exact) mass is 274 g/mol. The van der Waals surface area contributed by atoms with Gasteiger partial charge in [-0.1, -0.05) is 17.7 Å². The zero-order valence-corrected chi connectivity index (χ0v) is 10.7. The highest BCUT2D eigenvalue weighted by Crippen LogP contribution is 2.24. The molecule has 18 heavy (non-hydrogen) atoms. The Bertz CT molecular complexity index is 402. The summed E-state index contributed by atoms with van der Waals surface area (Å²) in [5.41, 5.74) is 2.06. The molecule has 0 aliphatic rings. The maximum atomic E-state index is 13.4. The molecule has 1 aromatic carbocycles. The van der Waals surface area contributed by atoms with E-state index in [4.69, 9.17) is 22.2 Å². The molecule has 0 aliphatic heterocycles. The van der Waals surface area contributed by atoms with Crippen LogP contribution in [0.1, 0.15) is 25.7 Å². The molecule has 100 valence electrons. The van der Waals surface area contributed by atoms with Gasteiger partial charge < -0.3 is 4.74 Å². The number of carbonyl (C=O) groups is 1. The van der Waals surface area contributed by atoms with Crippen LogP contribution in [0.3, 0.4) is 0 Å². The molecule has 6 heteroatoms. The minimum absolute atomic E-state index is 0.0483. The summed E-state index contributed by atoms with van der Waals surface area (Å²) >= 11 is 5.62. The van der Waals surface area contributed by atoms with Gasteiger partial charge in [-0.05, 0) is 31.4 Å². The number of nitrogens with two attached hydrogens (primary N) is 1. The summed E-state index contributed by atoms with van der Waals surface area (Å²) in [6, 6.07) is 4.63. The van der Waals surface area contributed by atoms with Crippen molar-refractivity contribution in [3.8, 4) is 5.75 Å². The third kappa shape index (κ3) is 4.89. The Morgan fingerprint density at radius 2 is 2.17 bits per heavy atom. The molecule has 0 bridgehead atoms. The second-order valence-corrected chi connectivity index (χ2v) is 4.19. The van der Waals surface area contributed by atoms with E-state index in [9.17, 15) is 9.18 Å². The van der Waals surface area contributed by atoms with E-state index in [1.54, 1.807) is 6.07 Å². The van der Waals surface area contributed by atoms with Gasteiger partial charge >= 0.3 is 0 Å². The fraction of sp³-hybridized carbons (Fsp3) is 0.417. The average molecular weight is 275 g/mol. The normalized spacial score (nSPS) is 10.2. The molecule has 1 amide bonds. The molecule has 1 aromatic rings. The predicted molar refractivity (Wildman–Crippen MR) is 67.7 cm³/mol. The van der Waals surface area contributed by atoms with E-state index in [-0.39, 0.29) is 16.7 Å². The Kier molecular flexibility index (Phi) is 6.46. The van der Waals surface area contributed by atoms with E-state index >= 15 is 0 Å². The smallest absolute Gasteiger partial charge is 0.233 e. The molecule has 0 fully saturated rings. The number of halogens is 2. The second kappa shape index (κ2) is 7.89. The Morgan fingerprint density at radius 1 is 1.39 bits per heavy atom. The van der Waals surface area contributed by atoms with Gasteiger partial charge in [0.15, 0.2) is 11.6 Å². The quantitative estimate of drug-likeness (QED) is 0.347. The summed E-state index contributed by atoms with van der Waals surface area (Å²) < 4.78 is 18.7. The zero-order valence-electron chi connectivity index (χ0n) is 9.92. The van der Waals surface area contributed by atoms with Crippen LogP contribution in [0.5, 0.6) is 5.75 Å². The lowest BCUT2D eigenvalue weighted by Gasteiger charge is -2.07. The number of benzene rings is 1. The Labute approximate surface area is 110 Å². The van der Waals surface area contributed by atoms with Crippen molar-refractivity contribution in [3.05, 3.63) is 29.0 Å². The van der Waals surface area contributed by atoms with Crippen LogP contribution in [0, 0.1) is 5.82 Å². The topological polar surface area (TPSA) is 64.3 Å². The maximum absolute atomic E-state index is 13.4. The molecule has 0 aromatic heterocycles. The van der Waals surface area contributed by atoms with E-state index in [0.717, 1.165) is 19.3 Å². The van der Waals surface area contributed by atoms with E-state index in [1.807, 2.05) is 0 Å². The van der Waals surface area contributed by atoms with E-state index < -0.39 is 5.82 Å². The average Bonchev–Trinajstić information content (AvgIpc) is 2.38. The minimum Gasteiger partial charge on any atom is -0.490 e. The van der Waals surface area contributed by atoms with Crippen molar-refractivity contribution in [2.75, 3.05) is 6.61 Å². The molecule has 0 saturated carbocycles. The molecule has 0 heterocycles. The van der Waals surface area contributed by atoms with Gasteiger partial charge in [0.05, 0.1) is 11.6 Å². The fourth-order valence-electron chi connectivity index (χ4n) is 1.41. The van der Waals surface area contributed by atoms with Crippen molar-refractivity contribution in [1.82, 2.24) is 5.43 Å². The third-order valence-corrected chi connectivity index (χ3v) is 2.67. The molecule has 0 saturated heterocycles. The SMILES string of the molecule is NNC(=O)CCCCCOc1cccc(Cl)c1F. The standard InChI is InChI=1S/C12H16ClFN2O2/c13-9-5-4-6-10(12(9)14)18-8-3-1-2-7-11(17)16-15/h4-6H,1-3,7-8,15H2,(H,16,17).